The summed E-state index contributed by atoms with van der Waals surface area (Å²) in [6, 6.07) is 15.3. The second-order valence-corrected chi connectivity index (χ2v) is 9.04. The molecule has 0 saturated carbocycles. The van der Waals surface area contributed by atoms with Gasteiger partial charge < -0.3 is 9.84 Å². The molecule has 30 heavy (non-hydrogen) atoms. The van der Waals surface area contributed by atoms with Crippen molar-refractivity contribution in [3.63, 3.8) is 0 Å². The van der Waals surface area contributed by atoms with Gasteiger partial charge in [-0.05, 0) is 36.9 Å². The molecule has 1 atom stereocenters. The van der Waals surface area contributed by atoms with E-state index in [1.165, 1.54) is 5.56 Å². The molecule has 0 aliphatic heterocycles. The molecular weight excluding hydrogens is 440 g/mol. The first-order valence-electron chi connectivity index (χ1n) is 9.21. The van der Waals surface area contributed by atoms with Gasteiger partial charge in [-0.3, -0.25) is 4.57 Å². The molecule has 2 heterocycles. The zero-order valence-corrected chi connectivity index (χ0v) is 18.7. The summed E-state index contributed by atoms with van der Waals surface area (Å²) < 4.78 is 7.94. The van der Waals surface area contributed by atoms with Crippen molar-refractivity contribution in [2.24, 2.45) is 0 Å². The largest absolute Gasteiger partial charge is 0.484 e. The number of hydrogen-bond acceptors (Lipinski definition) is 5. The molecule has 0 amide bonds. The zero-order valence-electron chi connectivity index (χ0n) is 16.3. The number of thiophene rings is 1. The highest BCUT2D eigenvalue weighted by molar-refractivity contribution is 7.97. The van der Waals surface area contributed by atoms with E-state index in [1.807, 2.05) is 35.8 Å². The first-order valence-corrected chi connectivity index (χ1v) is 11.8. The molecule has 8 heteroatoms. The van der Waals surface area contributed by atoms with Gasteiger partial charge in [0, 0.05) is 22.4 Å². The molecule has 0 unspecified atom stereocenters. The van der Waals surface area contributed by atoms with Crippen LogP contribution in [0.3, 0.4) is 0 Å². The van der Waals surface area contributed by atoms with E-state index >= 15 is 0 Å². The highest BCUT2D eigenvalue weighted by Crippen LogP contribution is 2.37. The molecule has 0 aliphatic carbocycles. The van der Waals surface area contributed by atoms with Gasteiger partial charge in [0.2, 0.25) is 0 Å². The Morgan fingerprint density at radius 1 is 1.30 bits per heavy atom. The fourth-order valence-corrected chi connectivity index (χ4v) is 4.98. The normalized spacial score (nSPS) is 12.2. The third-order valence-electron chi connectivity index (χ3n) is 4.69. The second kappa shape index (κ2) is 8.71. The molecule has 2 aromatic heterocycles. The lowest BCUT2D eigenvalue weighted by molar-refractivity contribution is 0.0696. The molecule has 5 nitrogen and oxygen atoms in total. The van der Waals surface area contributed by atoms with Crippen LogP contribution in [-0.4, -0.2) is 26.9 Å². The maximum absolute atomic E-state index is 11.9. The van der Waals surface area contributed by atoms with Crippen molar-refractivity contribution in [2.45, 2.75) is 18.8 Å². The van der Waals surface area contributed by atoms with Gasteiger partial charge >= 0.3 is 5.97 Å². The first-order chi connectivity index (χ1) is 14.5. The highest BCUT2D eigenvalue weighted by atomic mass is 35.5. The summed E-state index contributed by atoms with van der Waals surface area (Å²) in [5.74, 6) is 0.187. The van der Waals surface area contributed by atoms with Gasteiger partial charge in [-0.1, -0.05) is 35.9 Å². The van der Waals surface area contributed by atoms with E-state index in [1.54, 1.807) is 30.2 Å². The van der Waals surface area contributed by atoms with Gasteiger partial charge in [-0.15, -0.1) is 11.3 Å². The standard InChI is InChI=1S/C22H19ClN2O3S2/c1-13(15-5-3-4-6-16(15)23)28-19-10-20(30-21(19)22(26)27)25-12-24-17-8-7-14(11-29-2)9-18(17)25/h3-10,12-13H,11H2,1-2H3,(H,26,27)/t13-/m1/s1. The van der Waals surface area contributed by atoms with Crippen LogP contribution in [0.25, 0.3) is 16.0 Å². The van der Waals surface area contributed by atoms with Crippen LogP contribution in [0, 0.1) is 0 Å². The molecule has 4 rings (SSSR count). The number of carboxylic acids is 1. The smallest absolute Gasteiger partial charge is 0.349 e. The third-order valence-corrected chi connectivity index (χ3v) is 6.76. The third kappa shape index (κ3) is 4.05. The number of aromatic carboxylic acids is 1. The maximum atomic E-state index is 11.9. The summed E-state index contributed by atoms with van der Waals surface area (Å²) >= 11 is 9.18. The van der Waals surface area contributed by atoms with Crippen molar-refractivity contribution in [1.29, 1.82) is 0 Å². The number of rotatable bonds is 7. The number of benzene rings is 2. The number of carboxylic acid groups (broad SMARTS) is 1. The average molecular weight is 459 g/mol. The van der Waals surface area contributed by atoms with Crippen LogP contribution >= 0.6 is 34.7 Å². The van der Waals surface area contributed by atoms with Crippen LogP contribution in [-0.2, 0) is 5.75 Å². The number of imidazole rings is 1. The number of fused-ring (bicyclic) bond motifs is 1. The quantitative estimate of drug-likeness (QED) is 0.345. The van der Waals surface area contributed by atoms with Gasteiger partial charge in [0.05, 0.1) is 11.0 Å². The molecule has 1 N–H and O–H groups in total. The van der Waals surface area contributed by atoms with Crippen molar-refractivity contribution < 1.29 is 14.6 Å². The van der Waals surface area contributed by atoms with Crippen LogP contribution in [0.2, 0.25) is 5.02 Å². The Morgan fingerprint density at radius 3 is 2.83 bits per heavy atom. The molecule has 0 saturated heterocycles. The number of thioether (sulfide) groups is 1. The van der Waals surface area contributed by atoms with Crippen molar-refractivity contribution in [3.8, 4) is 10.8 Å². The van der Waals surface area contributed by atoms with Crippen molar-refractivity contribution in [3.05, 3.63) is 75.9 Å². The number of aromatic nitrogens is 2. The highest BCUT2D eigenvalue weighted by Gasteiger charge is 2.22. The van der Waals surface area contributed by atoms with Gasteiger partial charge in [-0.25, -0.2) is 9.78 Å². The number of hydrogen-bond donors (Lipinski definition) is 1. The molecule has 0 fully saturated rings. The summed E-state index contributed by atoms with van der Waals surface area (Å²) in [6.45, 7) is 1.85. The molecule has 4 aromatic rings. The monoisotopic (exact) mass is 458 g/mol. The zero-order chi connectivity index (χ0) is 21.3. The molecule has 0 bridgehead atoms. The lowest BCUT2D eigenvalue weighted by Crippen LogP contribution is -2.06. The van der Waals surface area contributed by atoms with Crippen LogP contribution in [0.4, 0.5) is 0 Å². The van der Waals surface area contributed by atoms with Crippen LogP contribution in [0.15, 0.2) is 54.9 Å². The van der Waals surface area contributed by atoms with E-state index in [9.17, 15) is 9.90 Å². The predicted octanol–water partition coefficient (Wildman–Crippen LogP) is 6.44. The lowest BCUT2D eigenvalue weighted by Gasteiger charge is -2.15. The Hall–Kier alpha value is -2.48. The van der Waals surface area contributed by atoms with E-state index < -0.39 is 12.1 Å². The Kier molecular flexibility index (Phi) is 6.04. The van der Waals surface area contributed by atoms with E-state index in [4.69, 9.17) is 16.3 Å². The average Bonchev–Trinajstić information content (AvgIpc) is 3.32. The van der Waals surface area contributed by atoms with Crippen molar-refractivity contribution in [1.82, 2.24) is 9.55 Å². The Morgan fingerprint density at radius 2 is 2.10 bits per heavy atom. The number of nitrogens with zero attached hydrogens (tertiary/aromatic N) is 2. The molecule has 0 radical (unpaired) electrons. The summed E-state index contributed by atoms with van der Waals surface area (Å²) in [7, 11) is 0. The Bertz CT molecular complexity index is 1220. The SMILES string of the molecule is CSCc1ccc2ncn(-c3cc(O[C@H](C)c4ccccc4Cl)c(C(=O)O)s3)c2c1. The van der Waals surface area contributed by atoms with Crippen LogP contribution in [0.5, 0.6) is 5.75 Å². The van der Waals surface area contributed by atoms with Crippen molar-refractivity contribution >= 4 is 51.7 Å². The summed E-state index contributed by atoms with van der Waals surface area (Å²) in [6.07, 6.45) is 3.38. The fourth-order valence-electron chi connectivity index (χ4n) is 3.26. The number of carbonyl (C=O) groups is 1. The predicted molar refractivity (Wildman–Crippen MR) is 124 cm³/mol. The number of halogens is 1. The minimum Gasteiger partial charge on any atom is -0.484 e. The van der Waals surface area contributed by atoms with Gasteiger partial charge in [0.15, 0.2) is 4.88 Å². The minimum atomic E-state index is -1.03. The first kappa shape index (κ1) is 20.8. The minimum absolute atomic E-state index is 0.144. The Labute approximate surface area is 187 Å². The van der Waals surface area contributed by atoms with Crippen LogP contribution < -0.4 is 4.74 Å². The van der Waals surface area contributed by atoms with Gasteiger partial charge in [0.1, 0.15) is 23.2 Å². The molecule has 0 aliphatic rings. The molecular formula is C22H19ClN2O3S2. The van der Waals surface area contributed by atoms with Crippen LogP contribution in [0.1, 0.15) is 33.8 Å². The van der Waals surface area contributed by atoms with Gasteiger partial charge in [0.25, 0.3) is 0 Å². The second-order valence-electron chi connectivity index (χ2n) is 6.74. The van der Waals surface area contributed by atoms with E-state index in [2.05, 4.69) is 23.4 Å². The fraction of sp³-hybridized carbons (Fsp3) is 0.182. The molecule has 154 valence electrons. The lowest BCUT2D eigenvalue weighted by atomic mass is 10.1. The van der Waals surface area contributed by atoms with Gasteiger partial charge in [-0.2, -0.15) is 11.8 Å². The van der Waals surface area contributed by atoms with E-state index in [0.717, 1.165) is 38.7 Å². The summed E-state index contributed by atoms with van der Waals surface area (Å²) in [5, 5.41) is 11.0. The Balaban J connectivity index is 1.73. The maximum Gasteiger partial charge on any atom is 0.349 e. The summed E-state index contributed by atoms with van der Waals surface area (Å²) in [5.41, 5.74) is 3.79. The summed E-state index contributed by atoms with van der Waals surface area (Å²) in [4.78, 5) is 16.5. The topological polar surface area (TPSA) is 64.4 Å². The van der Waals surface area contributed by atoms with Crippen molar-refractivity contribution in [2.75, 3.05) is 6.26 Å². The van der Waals surface area contributed by atoms with E-state index in [0.29, 0.717) is 10.8 Å². The molecule has 0 spiro atoms. The number of ether oxygens (including phenoxy) is 1. The molecule has 2 aromatic carbocycles. The van der Waals surface area contributed by atoms with E-state index in [-0.39, 0.29) is 4.88 Å².